The summed E-state index contributed by atoms with van der Waals surface area (Å²) >= 11 is 1.74. The van der Waals surface area contributed by atoms with Crippen LogP contribution in [0.3, 0.4) is 0 Å². The maximum absolute atomic E-state index is 8.95. The fourth-order valence-corrected chi connectivity index (χ4v) is 1.38. The highest BCUT2D eigenvalue weighted by Gasteiger charge is 2.07. The molecule has 2 nitrogen and oxygen atoms in total. The average molecular weight is 134 g/mol. The zero-order chi connectivity index (χ0) is 5.82. The van der Waals surface area contributed by atoms with Crippen molar-refractivity contribution in [2.45, 2.75) is 12.5 Å². The molecule has 1 heterocycles. The van der Waals surface area contributed by atoms with Crippen LogP contribution in [0.5, 0.6) is 0 Å². The summed E-state index contributed by atoms with van der Waals surface area (Å²) < 4.78 is 5.02. The van der Waals surface area contributed by atoms with Gasteiger partial charge in [0.15, 0.2) is 0 Å². The number of thioether (sulfide) groups is 1. The lowest BCUT2D eigenvalue weighted by Gasteiger charge is -2.01. The first-order valence-electron chi connectivity index (χ1n) is 2.73. The lowest BCUT2D eigenvalue weighted by Crippen LogP contribution is -2.12. The molecule has 1 rings (SSSR count). The third-order valence-corrected chi connectivity index (χ3v) is 1.93. The molecule has 0 amide bonds. The summed E-state index contributed by atoms with van der Waals surface area (Å²) in [5, 5.41) is 8.95. The van der Waals surface area contributed by atoms with Gasteiger partial charge in [-0.2, -0.15) is 0 Å². The second-order valence-corrected chi connectivity index (χ2v) is 2.89. The van der Waals surface area contributed by atoms with Gasteiger partial charge >= 0.3 is 0 Å². The summed E-state index contributed by atoms with van der Waals surface area (Å²) in [5.41, 5.74) is 0. The Hall–Kier alpha value is 0.270. The Morgan fingerprint density at radius 3 is 3.38 bits per heavy atom. The van der Waals surface area contributed by atoms with Crippen LogP contribution in [-0.2, 0) is 4.74 Å². The molecule has 0 saturated carbocycles. The molecule has 0 radical (unpaired) electrons. The number of aliphatic hydroxyl groups excluding tert-OH is 1. The number of rotatable bonds is 0. The predicted molar refractivity (Wildman–Crippen MR) is 33.9 cm³/mol. The van der Waals surface area contributed by atoms with Crippen LogP contribution in [0.4, 0.5) is 0 Å². The van der Waals surface area contributed by atoms with Crippen LogP contribution in [-0.4, -0.2) is 29.5 Å². The predicted octanol–water partition coefficient (Wildman–Crippen LogP) is 0.458. The highest BCUT2D eigenvalue weighted by atomic mass is 32.2. The smallest absolute Gasteiger partial charge is 0.0922 e. The fraction of sp³-hybridized carbons (Fsp3) is 1.00. The summed E-state index contributed by atoms with van der Waals surface area (Å²) in [7, 11) is 0. The van der Waals surface area contributed by atoms with E-state index in [-0.39, 0.29) is 6.10 Å². The molecule has 3 heteroatoms. The number of aliphatic hydroxyl groups is 1. The van der Waals surface area contributed by atoms with Crippen molar-refractivity contribution in [1.82, 2.24) is 0 Å². The van der Waals surface area contributed by atoms with Crippen molar-refractivity contribution in [3.05, 3.63) is 0 Å². The highest BCUT2D eigenvalue weighted by molar-refractivity contribution is 7.99. The van der Waals surface area contributed by atoms with Gasteiger partial charge in [-0.15, -0.1) is 11.8 Å². The lowest BCUT2D eigenvalue weighted by atomic mass is 10.3. The molecule has 0 aliphatic carbocycles. The van der Waals surface area contributed by atoms with Gasteiger partial charge in [0, 0.05) is 0 Å². The van der Waals surface area contributed by atoms with Crippen molar-refractivity contribution in [3.8, 4) is 0 Å². The van der Waals surface area contributed by atoms with Crippen LogP contribution in [0, 0.1) is 0 Å². The quantitative estimate of drug-likeness (QED) is 0.522. The Kier molecular flexibility index (Phi) is 2.66. The van der Waals surface area contributed by atoms with Gasteiger partial charge in [-0.1, -0.05) is 0 Å². The molecule has 0 aromatic carbocycles. The molecule has 0 bridgehead atoms. The van der Waals surface area contributed by atoms with E-state index >= 15 is 0 Å². The minimum atomic E-state index is -0.218. The van der Waals surface area contributed by atoms with Crippen LogP contribution in [0.2, 0.25) is 0 Å². The topological polar surface area (TPSA) is 29.5 Å². The molecular formula is C5H10O2S. The molecule has 0 aromatic rings. The van der Waals surface area contributed by atoms with E-state index in [9.17, 15) is 0 Å². The Bertz CT molecular complexity index is 59.4. The third kappa shape index (κ3) is 2.03. The number of ether oxygens (including phenoxy) is 1. The summed E-state index contributed by atoms with van der Waals surface area (Å²) in [6, 6.07) is 0. The second-order valence-electron chi connectivity index (χ2n) is 1.84. The molecule has 8 heavy (non-hydrogen) atoms. The Labute approximate surface area is 53.2 Å². The van der Waals surface area contributed by atoms with E-state index < -0.39 is 0 Å². The van der Waals surface area contributed by atoms with E-state index in [2.05, 4.69) is 0 Å². The van der Waals surface area contributed by atoms with Crippen molar-refractivity contribution in [2.75, 3.05) is 18.3 Å². The van der Waals surface area contributed by atoms with Crippen LogP contribution >= 0.6 is 11.8 Å². The van der Waals surface area contributed by atoms with Gasteiger partial charge in [-0.05, 0) is 12.2 Å². The summed E-state index contributed by atoms with van der Waals surface area (Å²) in [4.78, 5) is 0. The standard InChI is InChI=1S/C5H10O2S/c6-5-1-2-8-4-7-3-5/h5-6H,1-4H2. The van der Waals surface area contributed by atoms with Crippen LogP contribution < -0.4 is 0 Å². The fourth-order valence-electron chi connectivity index (χ4n) is 0.605. The van der Waals surface area contributed by atoms with Crippen molar-refractivity contribution >= 4 is 11.8 Å². The molecule has 1 aliphatic rings. The first kappa shape index (κ1) is 6.39. The normalized spacial score (nSPS) is 31.9. The van der Waals surface area contributed by atoms with Gasteiger partial charge in [-0.3, -0.25) is 0 Å². The van der Waals surface area contributed by atoms with Gasteiger partial charge in [0.1, 0.15) is 0 Å². The summed E-state index contributed by atoms with van der Waals surface area (Å²) in [6.07, 6.45) is 0.662. The van der Waals surface area contributed by atoms with Crippen molar-refractivity contribution in [2.24, 2.45) is 0 Å². The van der Waals surface area contributed by atoms with Gasteiger partial charge < -0.3 is 9.84 Å². The first-order chi connectivity index (χ1) is 3.89. The summed E-state index contributed by atoms with van der Waals surface area (Å²) in [6.45, 7) is 0.521. The van der Waals surface area contributed by atoms with E-state index in [1.54, 1.807) is 11.8 Å². The van der Waals surface area contributed by atoms with E-state index in [0.717, 1.165) is 18.1 Å². The first-order valence-corrected chi connectivity index (χ1v) is 3.88. The van der Waals surface area contributed by atoms with Gasteiger partial charge in [0.2, 0.25) is 0 Å². The largest absolute Gasteiger partial charge is 0.391 e. The SMILES string of the molecule is OC1CCSCOC1. The number of hydrogen-bond acceptors (Lipinski definition) is 3. The Balaban J connectivity index is 2.17. The van der Waals surface area contributed by atoms with Crippen molar-refractivity contribution < 1.29 is 9.84 Å². The molecular weight excluding hydrogens is 124 g/mol. The maximum atomic E-state index is 8.95. The monoisotopic (exact) mass is 134 g/mol. The third-order valence-electron chi connectivity index (χ3n) is 1.07. The molecule has 0 aromatic heterocycles. The molecule has 1 aliphatic heterocycles. The minimum Gasteiger partial charge on any atom is -0.391 e. The van der Waals surface area contributed by atoms with Crippen molar-refractivity contribution in [1.29, 1.82) is 0 Å². The average Bonchev–Trinajstić information content (AvgIpc) is 1.94. The highest BCUT2D eigenvalue weighted by Crippen LogP contribution is 2.10. The van der Waals surface area contributed by atoms with Crippen LogP contribution in [0.25, 0.3) is 0 Å². The van der Waals surface area contributed by atoms with Gasteiger partial charge in [0.05, 0.1) is 18.6 Å². The van der Waals surface area contributed by atoms with Gasteiger partial charge in [0.25, 0.3) is 0 Å². The Morgan fingerprint density at radius 1 is 1.62 bits per heavy atom. The zero-order valence-corrected chi connectivity index (χ0v) is 5.49. The molecule has 1 saturated heterocycles. The molecule has 0 spiro atoms. The maximum Gasteiger partial charge on any atom is 0.0922 e. The van der Waals surface area contributed by atoms with E-state index in [1.807, 2.05) is 0 Å². The van der Waals surface area contributed by atoms with Crippen LogP contribution in [0.1, 0.15) is 6.42 Å². The molecule has 1 unspecified atom stereocenters. The molecule has 1 fully saturated rings. The molecule has 48 valence electrons. The Morgan fingerprint density at radius 2 is 2.50 bits per heavy atom. The summed E-state index contributed by atoms with van der Waals surface area (Å²) in [5.74, 6) is 1.78. The molecule has 1 N–H and O–H groups in total. The number of hydrogen-bond donors (Lipinski definition) is 1. The molecule has 1 atom stereocenters. The van der Waals surface area contributed by atoms with Crippen molar-refractivity contribution in [3.63, 3.8) is 0 Å². The van der Waals surface area contributed by atoms with E-state index in [1.165, 1.54) is 0 Å². The zero-order valence-electron chi connectivity index (χ0n) is 4.67. The van der Waals surface area contributed by atoms with Crippen LogP contribution in [0.15, 0.2) is 0 Å². The minimum absolute atomic E-state index is 0.218. The van der Waals surface area contributed by atoms with E-state index in [0.29, 0.717) is 6.61 Å². The van der Waals surface area contributed by atoms with E-state index in [4.69, 9.17) is 9.84 Å². The van der Waals surface area contributed by atoms with Gasteiger partial charge in [-0.25, -0.2) is 0 Å². The second kappa shape index (κ2) is 3.33. The lowest BCUT2D eigenvalue weighted by molar-refractivity contribution is 0.0613.